The predicted octanol–water partition coefficient (Wildman–Crippen LogP) is 5.35. The number of amides is 1. The second kappa shape index (κ2) is 7.97. The molecule has 8 heteroatoms. The SMILES string of the molecule is Cc1nn(-c2ccc(N(C)C)cc2)c2ncc(C(=O)Nc3ccc(Cl)cc3)c(Cl)c12. The third kappa shape index (κ3) is 3.72. The Kier molecular flexibility index (Phi) is 5.37. The number of carbonyl (C=O) groups excluding carboxylic acids is 1. The molecule has 2 aromatic carbocycles. The summed E-state index contributed by atoms with van der Waals surface area (Å²) in [5.74, 6) is -0.348. The van der Waals surface area contributed by atoms with Gasteiger partial charge in [0, 0.05) is 36.7 Å². The molecule has 0 saturated heterocycles. The molecule has 0 fully saturated rings. The first-order valence-electron chi connectivity index (χ1n) is 9.23. The van der Waals surface area contributed by atoms with Gasteiger partial charge in [-0.05, 0) is 55.5 Å². The lowest BCUT2D eigenvalue weighted by Gasteiger charge is -2.13. The number of hydrogen-bond acceptors (Lipinski definition) is 4. The van der Waals surface area contributed by atoms with Gasteiger partial charge in [-0.1, -0.05) is 23.2 Å². The Morgan fingerprint density at radius 3 is 2.33 bits per heavy atom. The van der Waals surface area contributed by atoms with Gasteiger partial charge in [0.25, 0.3) is 5.91 Å². The first kappa shape index (κ1) is 20.2. The summed E-state index contributed by atoms with van der Waals surface area (Å²) in [6, 6.07) is 14.8. The molecule has 2 aromatic heterocycles. The van der Waals surface area contributed by atoms with Crippen LogP contribution in [-0.4, -0.2) is 34.8 Å². The van der Waals surface area contributed by atoms with Gasteiger partial charge in [0.15, 0.2) is 5.65 Å². The summed E-state index contributed by atoms with van der Waals surface area (Å²) in [6.07, 6.45) is 1.47. The zero-order chi connectivity index (χ0) is 21.4. The Morgan fingerprint density at radius 1 is 1.03 bits per heavy atom. The van der Waals surface area contributed by atoms with E-state index < -0.39 is 0 Å². The van der Waals surface area contributed by atoms with Crippen LogP contribution < -0.4 is 10.2 Å². The van der Waals surface area contributed by atoms with Crippen molar-refractivity contribution in [2.75, 3.05) is 24.3 Å². The number of nitrogens with zero attached hydrogens (tertiary/aromatic N) is 4. The van der Waals surface area contributed by atoms with E-state index in [0.717, 1.165) is 11.4 Å². The van der Waals surface area contributed by atoms with E-state index in [1.807, 2.05) is 50.2 Å². The Hall–Kier alpha value is -3.09. The zero-order valence-electron chi connectivity index (χ0n) is 16.6. The normalized spacial score (nSPS) is 11.0. The van der Waals surface area contributed by atoms with Crippen molar-refractivity contribution in [3.8, 4) is 5.69 Å². The van der Waals surface area contributed by atoms with Gasteiger partial charge in [-0.2, -0.15) is 5.10 Å². The molecule has 30 heavy (non-hydrogen) atoms. The molecule has 2 heterocycles. The molecule has 0 bridgehead atoms. The van der Waals surface area contributed by atoms with Gasteiger partial charge in [0.1, 0.15) is 0 Å². The van der Waals surface area contributed by atoms with E-state index in [4.69, 9.17) is 23.2 Å². The molecule has 0 aliphatic carbocycles. The van der Waals surface area contributed by atoms with E-state index in [-0.39, 0.29) is 11.5 Å². The molecule has 0 unspecified atom stereocenters. The number of nitrogens with one attached hydrogen (secondary N) is 1. The highest BCUT2D eigenvalue weighted by molar-refractivity contribution is 6.39. The van der Waals surface area contributed by atoms with Crippen LogP contribution >= 0.6 is 23.2 Å². The molecule has 0 aliphatic heterocycles. The molecule has 6 nitrogen and oxygen atoms in total. The van der Waals surface area contributed by atoms with Crippen molar-refractivity contribution in [2.24, 2.45) is 0 Å². The molecule has 4 aromatic rings. The van der Waals surface area contributed by atoms with Crippen LogP contribution in [0.5, 0.6) is 0 Å². The average molecular weight is 440 g/mol. The van der Waals surface area contributed by atoms with Gasteiger partial charge in [-0.3, -0.25) is 4.79 Å². The van der Waals surface area contributed by atoms with Crippen LogP contribution in [0.4, 0.5) is 11.4 Å². The van der Waals surface area contributed by atoms with E-state index in [1.54, 1.807) is 28.9 Å². The zero-order valence-corrected chi connectivity index (χ0v) is 18.2. The van der Waals surface area contributed by atoms with Crippen LogP contribution in [0.3, 0.4) is 0 Å². The molecule has 0 spiro atoms. The van der Waals surface area contributed by atoms with Crippen molar-refractivity contribution < 1.29 is 4.79 Å². The van der Waals surface area contributed by atoms with E-state index in [1.165, 1.54) is 6.20 Å². The molecule has 0 radical (unpaired) electrons. The van der Waals surface area contributed by atoms with Crippen LogP contribution in [0.15, 0.2) is 54.7 Å². The number of halogens is 2. The number of aryl methyl sites for hydroxylation is 1. The minimum absolute atomic E-state index is 0.282. The van der Waals surface area contributed by atoms with E-state index in [2.05, 4.69) is 15.4 Å². The second-order valence-electron chi connectivity index (χ2n) is 7.05. The van der Waals surface area contributed by atoms with Crippen LogP contribution in [0.2, 0.25) is 10.0 Å². The number of rotatable bonds is 4. The standard InChI is InChI=1S/C22H19Cl2N5O/c1-13-19-20(24)18(22(30)26-15-6-4-14(23)5-7-15)12-25-21(19)29(27-13)17-10-8-16(9-11-17)28(2)3/h4-12H,1-3H3,(H,26,30). The maximum atomic E-state index is 12.8. The summed E-state index contributed by atoms with van der Waals surface area (Å²) >= 11 is 12.5. The smallest absolute Gasteiger partial charge is 0.258 e. The number of pyridine rings is 1. The van der Waals surface area contributed by atoms with Crippen molar-refractivity contribution in [1.29, 1.82) is 0 Å². The molecule has 0 saturated carbocycles. The fourth-order valence-corrected chi connectivity index (χ4v) is 3.65. The number of carbonyl (C=O) groups is 1. The van der Waals surface area contributed by atoms with Gasteiger partial charge in [-0.25, -0.2) is 9.67 Å². The molecular formula is C22H19Cl2N5O. The van der Waals surface area contributed by atoms with Crippen molar-refractivity contribution in [1.82, 2.24) is 14.8 Å². The summed E-state index contributed by atoms with van der Waals surface area (Å²) < 4.78 is 1.73. The second-order valence-corrected chi connectivity index (χ2v) is 7.87. The third-order valence-corrected chi connectivity index (χ3v) is 5.41. The summed E-state index contributed by atoms with van der Waals surface area (Å²) in [5, 5.41) is 8.97. The third-order valence-electron chi connectivity index (χ3n) is 4.77. The average Bonchev–Trinajstić information content (AvgIpc) is 3.07. The largest absolute Gasteiger partial charge is 0.378 e. The Balaban J connectivity index is 1.72. The predicted molar refractivity (Wildman–Crippen MR) is 122 cm³/mol. The van der Waals surface area contributed by atoms with Crippen LogP contribution in [-0.2, 0) is 0 Å². The summed E-state index contributed by atoms with van der Waals surface area (Å²) in [6.45, 7) is 1.85. The number of anilines is 2. The number of benzene rings is 2. The lowest BCUT2D eigenvalue weighted by atomic mass is 10.2. The van der Waals surface area contributed by atoms with Crippen molar-refractivity contribution in [2.45, 2.75) is 6.92 Å². The van der Waals surface area contributed by atoms with Crippen LogP contribution in [0, 0.1) is 6.92 Å². The maximum Gasteiger partial charge on any atom is 0.258 e. The lowest BCUT2D eigenvalue weighted by molar-refractivity contribution is 0.102. The molecule has 4 rings (SSSR count). The molecule has 1 amide bonds. The topological polar surface area (TPSA) is 63.1 Å². The molecular weight excluding hydrogens is 421 g/mol. The van der Waals surface area contributed by atoms with E-state index >= 15 is 0 Å². The van der Waals surface area contributed by atoms with Gasteiger partial charge in [-0.15, -0.1) is 0 Å². The van der Waals surface area contributed by atoms with Crippen LogP contribution in [0.1, 0.15) is 16.1 Å². The summed E-state index contributed by atoms with van der Waals surface area (Å²) in [4.78, 5) is 19.3. The monoisotopic (exact) mass is 439 g/mol. The molecule has 0 atom stereocenters. The first-order chi connectivity index (χ1) is 14.3. The Morgan fingerprint density at radius 2 is 1.70 bits per heavy atom. The molecule has 1 N–H and O–H groups in total. The van der Waals surface area contributed by atoms with E-state index in [9.17, 15) is 4.79 Å². The van der Waals surface area contributed by atoms with Gasteiger partial charge >= 0.3 is 0 Å². The van der Waals surface area contributed by atoms with Crippen molar-refractivity contribution in [3.05, 3.63) is 76.0 Å². The minimum atomic E-state index is -0.348. The fourth-order valence-electron chi connectivity index (χ4n) is 3.17. The number of hydrogen-bond donors (Lipinski definition) is 1. The summed E-state index contributed by atoms with van der Waals surface area (Å²) in [7, 11) is 3.97. The van der Waals surface area contributed by atoms with Gasteiger partial charge < -0.3 is 10.2 Å². The number of fused-ring (bicyclic) bond motifs is 1. The maximum absolute atomic E-state index is 12.8. The first-order valence-corrected chi connectivity index (χ1v) is 9.99. The highest BCUT2D eigenvalue weighted by atomic mass is 35.5. The summed E-state index contributed by atoms with van der Waals surface area (Å²) in [5.41, 5.74) is 4.14. The minimum Gasteiger partial charge on any atom is -0.378 e. The molecule has 152 valence electrons. The van der Waals surface area contributed by atoms with E-state index in [0.29, 0.717) is 32.5 Å². The Bertz CT molecular complexity index is 1230. The number of aromatic nitrogens is 3. The molecule has 0 aliphatic rings. The van der Waals surface area contributed by atoms with Gasteiger partial charge in [0.2, 0.25) is 0 Å². The Labute approximate surface area is 184 Å². The fraction of sp³-hybridized carbons (Fsp3) is 0.136. The van der Waals surface area contributed by atoms with Crippen LogP contribution in [0.25, 0.3) is 16.7 Å². The quantitative estimate of drug-likeness (QED) is 0.465. The van der Waals surface area contributed by atoms with Gasteiger partial charge in [0.05, 0.1) is 27.4 Å². The highest BCUT2D eigenvalue weighted by Crippen LogP contribution is 2.31. The lowest BCUT2D eigenvalue weighted by Crippen LogP contribution is -2.13. The highest BCUT2D eigenvalue weighted by Gasteiger charge is 2.20. The van der Waals surface area contributed by atoms with Crippen molar-refractivity contribution >= 4 is 51.5 Å². The van der Waals surface area contributed by atoms with Crippen molar-refractivity contribution in [3.63, 3.8) is 0 Å².